The van der Waals surface area contributed by atoms with Gasteiger partial charge in [-0.1, -0.05) is 0 Å². The SMILES string of the molecule is CCn1cc(-c2cc(C)c(N)cc2F)cn1. The molecule has 0 saturated heterocycles. The average Bonchev–Trinajstić information content (AvgIpc) is 2.71. The minimum absolute atomic E-state index is 0.307. The third-order valence-electron chi connectivity index (χ3n) is 2.62. The molecule has 1 aromatic heterocycles. The summed E-state index contributed by atoms with van der Waals surface area (Å²) in [5.41, 5.74) is 8.32. The van der Waals surface area contributed by atoms with Crippen molar-refractivity contribution in [3.05, 3.63) is 35.9 Å². The fourth-order valence-electron chi connectivity index (χ4n) is 1.59. The summed E-state index contributed by atoms with van der Waals surface area (Å²) in [6, 6.07) is 3.11. The van der Waals surface area contributed by atoms with Crippen molar-refractivity contribution in [2.75, 3.05) is 5.73 Å². The lowest BCUT2D eigenvalue weighted by Gasteiger charge is -2.05. The Morgan fingerprint density at radius 2 is 2.19 bits per heavy atom. The predicted octanol–water partition coefficient (Wildman–Crippen LogP) is 2.60. The highest BCUT2D eigenvalue weighted by Crippen LogP contribution is 2.26. The highest BCUT2D eigenvalue weighted by Gasteiger charge is 2.09. The van der Waals surface area contributed by atoms with Gasteiger partial charge in [-0.05, 0) is 31.5 Å². The van der Waals surface area contributed by atoms with Crippen molar-refractivity contribution in [2.24, 2.45) is 0 Å². The number of nitrogen functional groups attached to an aromatic ring is 1. The molecule has 0 amide bonds. The van der Waals surface area contributed by atoms with Gasteiger partial charge in [0.15, 0.2) is 0 Å². The molecule has 0 aliphatic carbocycles. The van der Waals surface area contributed by atoms with Crippen LogP contribution in [0.25, 0.3) is 11.1 Å². The maximum Gasteiger partial charge on any atom is 0.133 e. The molecule has 0 atom stereocenters. The number of anilines is 1. The Kier molecular flexibility index (Phi) is 2.64. The first-order chi connectivity index (χ1) is 7.61. The van der Waals surface area contributed by atoms with Crippen LogP contribution in [-0.2, 0) is 6.54 Å². The first-order valence-corrected chi connectivity index (χ1v) is 5.20. The van der Waals surface area contributed by atoms with Crippen LogP contribution in [0.4, 0.5) is 10.1 Å². The van der Waals surface area contributed by atoms with Crippen molar-refractivity contribution in [1.82, 2.24) is 9.78 Å². The number of nitrogens with two attached hydrogens (primary N) is 1. The minimum Gasteiger partial charge on any atom is -0.398 e. The molecule has 1 heterocycles. The summed E-state index contributed by atoms with van der Waals surface area (Å²) in [5, 5.41) is 4.12. The van der Waals surface area contributed by atoms with E-state index < -0.39 is 0 Å². The second-order valence-electron chi connectivity index (χ2n) is 3.77. The van der Waals surface area contributed by atoms with Crippen LogP contribution in [0.3, 0.4) is 0 Å². The molecule has 0 aliphatic heterocycles. The molecule has 1 aromatic carbocycles. The van der Waals surface area contributed by atoms with Gasteiger partial charge in [0.2, 0.25) is 0 Å². The van der Waals surface area contributed by atoms with E-state index in [1.54, 1.807) is 16.9 Å². The molecular formula is C12H14FN3. The maximum atomic E-state index is 13.7. The van der Waals surface area contributed by atoms with Gasteiger partial charge in [0.1, 0.15) is 5.82 Å². The van der Waals surface area contributed by atoms with Crippen LogP contribution >= 0.6 is 0 Å². The maximum absolute atomic E-state index is 13.7. The smallest absolute Gasteiger partial charge is 0.133 e. The van der Waals surface area contributed by atoms with Gasteiger partial charge in [0.25, 0.3) is 0 Å². The molecule has 0 saturated carbocycles. The summed E-state index contributed by atoms with van der Waals surface area (Å²) < 4.78 is 15.5. The molecule has 0 bridgehead atoms. The van der Waals surface area contributed by atoms with E-state index in [-0.39, 0.29) is 5.82 Å². The zero-order valence-electron chi connectivity index (χ0n) is 9.37. The lowest BCUT2D eigenvalue weighted by Crippen LogP contribution is -1.94. The zero-order valence-corrected chi connectivity index (χ0v) is 9.37. The number of halogens is 1. The molecule has 84 valence electrons. The number of aromatic nitrogens is 2. The lowest BCUT2D eigenvalue weighted by molar-refractivity contribution is 0.631. The summed E-state index contributed by atoms with van der Waals surface area (Å²) in [5.74, 6) is -0.307. The Bertz CT molecular complexity index is 517. The van der Waals surface area contributed by atoms with Gasteiger partial charge in [0.05, 0.1) is 6.20 Å². The van der Waals surface area contributed by atoms with Crippen molar-refractivity contribution < 1.29 is 4.39 Å². The molecule has 16 heavy (non-hydrogen) atoms. The first-order valence-electron chi connectivity index (χ1n) is 5.20. The Labute approximate surface area is 93.7 Å². The Hall–Kier alpha value is -1.84. The zero-order chi connectivity index (χ0) is 11.7. The number of nitrogens with zero attached hydrogens (tertiary/aromatic N) is 2. The second kappa shape index (κ2) is 3.96. The highest BCUT2D eigenvalue weighted by molar-refractivity contribution is 5.67. The Morgan fingerprint density at radius 1 is 1.44 bits per heavy atom. The van der Waals surface area contributed by atoms with Crippen molar-refractivity contribution in [3.63, 3.8) is 0 Å². The normalized spacial score (nSPS) is 10.7. The standard InChI is InChI=1S/C12H14FN3/c1-3-16-7-9(6-15-16)10-4-8(2)12(14)5-11(10)13/h4-7H,3,14H2,1-2H3. The summed E-state index contributed by atoms with van der Waals surface area (Å²) in [4.78, 5) is 0. The molecule has 0 unspecified atom stereocenters. The van der Waals surface area contributed by atoms with Gasteiger partial charge < -0.3 is 5.73 Å². The molecule has 2 aromatic rings. The monoisotopic (exact) mass is 219 g/mol. The van der Waals surface area contributed by atoms with Crippen LogP contribution < -0.4 is 5.73 Å². The second-order valence-corrected chi connectivity index (χ2v) is 3.77. The number of hydrogen-bond donors (Lipinski definition) is 1. The summed E-state index contributed by atoms with van der Waals surface area (Å²) in [6.07, 6.45) is 3.49. The summed E-state index contributed by atoms with van der Waals surface area (Å²) >= 11 is 0. The summed E-state index contributed by atoms with van der Waals surface area (Å²) in [6.45, 7) is 4.62. The fourth-order valence-corrected chi connectivity index (χ4v) is 1.59. The highest BCUT2D eigenvalue weighted by atomic mass is 19.1. The van der Waals surface area contributed by atoms with Crippen molar-refractivity contribution in [1.29, 1.82) is 0 Å². The minimum atomic E-state index is -0.307. The molecule has 2 N–H and O–H groups in total. The molecule has 3 nitrogen and oxygen atoms in total. The van der Waals surface area contributed by atoms with Gasteiger partial charge in [-0.25, -0.2) is 4.39 Å². The van der Waals surface area contributed by atoms with Gasteiger partial charge in [-0.3, -0.25) is 4.68 Å². The first kappa shape index (κ1) is 10.7. The van der Waals surface area contributed by atoms with Crippen molar-refractivity contribution in [3.8, 4) is 11.1 Å². The largest absolute Gasteiger partial charge is 0.398 e. The third kappa shape index (κ3) is 1.78. The van der Waals surface area contributed by atoms with E-state index in [2.05, 4.69) is 5.10 Å². The molecule has 0 spiro atoms. The lowest BCUT2D eigenvalue weighted by atomic mass is 10.0. The van der Waals surface area contributed by atoms with E-state index in [1.807, 2.05) is 20.0 Å². The van der Waals surface area contributed by atoms with E-state index in [4.69, 9.17) is 5.73 Å². The molecule has 4 heteroatoms. The third-order valence-corrected chi connectivity index (χ3v) is 2.62. The molecular weight excluding hydrogens is 205 g/mol. The molecule has 0 fully saturated rings. The van der Waals surface area contributed by atoms with E-state index in [9.17, 15) is 4.39 Å². The van der Waals surface area contributed by atoms with Crippen molar-refractivity contribution in [2.45, 2.75) is 20.4 Å². The van der Waals surface area contributed by atoms with Crippen LogP contribution in [0.15, 0.2) is 24.5 Å². The van der Waals surface area contributed by atoms with Crippen LogP contribution in [0, 0.1) is 12.7 Å². The predicted molar refractivity (Wildman–Crippen MR) is 62.4 cm³/mol. The van der Waals surface area contributed by atoms with Crippen LogP contribution in [0.5, 0.6) is 0 Å². The van der Waals surface area contributed by atoms with Gasteiger partial charge in [-0.2, -0.15) is 5.10 Å². The van der Waals surface area contributed by atoms with Crippen LogP contribution in [0.2, 0.25) is 0 Å². The number of hydrogen-bond acceptors (Lipinski definition) is 2. The van der Waals surface area contributed by atoms with Gasteiger partial charge >= 0.3 is 0 Å². The van der Waals surface area contributed by atoms with E-state index in [0.29, 0.717) is 11.3 Å². The quantitative estimate of drug-likeness (QED) is 0.789. The Morgan fingerprint density at radius 3 is 2.81 bits per heavy atom. The number of aryl methyl sites for hydroxylation is 2. The number of rotatable bonds is 2. The molecule has 2 rings (SSSR count). The van der Waals surface area contributed by atoms with E-state index in [1.165, 1.54) is 6.07 Å². The van der Waals surface area contributed by atoms with E-state index in [0.717, 1.165) is 17.7 Å². The Balaban J connectivity index is 2.51. The van der Waals surface area contributed by atoms with Crippen LogP contribution in [-0.4, -0.2) is 9.78 Å². The topological polar surface area (TPSA) is 43.8 Å². The molecule has 0 radical (unpaired) electrons. The van der Waals surface area contributed by atoms with E-state index >= 15 is 0 Å². The van der Waals surface area contributed by atoms with Gasteiger partial charge in [-0.15, -0.1) is 0 Å². The van der Waals surface area contributed by atoms with Gasteiger partial charge in [0, 0.05) is 29.6 Å². The van der Waals surface area contributed by atoms with Crippen molar-refractivity contribution >= 4 is 5.69 Å². The fraction of sp³-hybridized carbons (Fsp3) is 0.250. The number of benzene rings is 1. The molecule has 0 aliphatic rings. The summed E-state index contributed by atoms with van der Waals surface area (Å²) in [7, 11) is 0. The average molecular weight is 219 g/mol. The van der Waals surface area contributed by atoms with Crippen LogP contribution in [0.1, 0.15) is 12.5 Å².